The Bertz CT molecular complexity index is 600. The number of halogens is 1. The van der Waals surface area contributed by atoms with Crippen molar-refractivity contribution < 1.29 is 9.18 Å². The maximum atomic E-state index is 13.7. The van der Waals surface area contributed by atoms with E-state index in [1.54, 1.807) is 30.5 Å². The first kappa shape index (κ1) is 10.7. The van der Waals surface area contributed by atoms with Crippen LogP contribution in [0.1, 0.15) is 17.3 Å². The number of fused-ring (bicyclic) bond motifs is 1. The molecule has 0 fully saturated rings. The van der Waals surface area contributed by atoms with Crippen molar-refractivity contribution in [2.24, 2.45) is 0 Å². The molecule has 0 spiro atoms. The highest BCUT2D eigenvalue weighted by molar-refractivity contribution is 5.93. The van der Waals surface area contributed by atoms with E-state index in [9.17, 15) is 9.18 Å². The maximum Gasteiger partial charge on any atom is 0.320 e. The van der Waals surface area contributed by atoms with Gasteiger partial charge in [0, 0.05) is 11.8 Å². The minimum Gasteiger partial charge on any atom is -0.325 e. The fourth-order valence-corrected chi connectivity index (χ4v) is 2.05. The molecule has 90 valence electrons. The molecule has 0 aliphatic carbocycles. The third kappa shape index (κ3) is 1.69. The van der Waals surface area contributed by atoms with Crippen molar-refractivity contribution in [3.63, 3.8) is 0 Å². The van der Waals surface area contributed by atoms with Gasteiger partial charge in [-0.15, -0.1) is 0 Å². The van der Waals surface area contributed by atoms with Crippen LogP contribution in [0.15, 0.2) is 42.6 Å². The van der Waals surface area contributed by atoms with Gasteiger partial charge in [0.25, 0.3) is 0 Å². The summed E-state index contributed by atoms with van der Waals surface area (Å²) in [6, 6.07) is 9.26. The van der Waals surface area contributed by atoms with Gasteiger partial charge in [0.15, 0.2) is 0 Å². The second-order valence-electron chi connectivity index (χ2n) is 3.99. The van der Waals surface area contributed by atoms with Crippen molar-refractivity contribution in [1.29, 1.82) is 0 Å². The first-order valence-corrected chi connectivity index (χ1v) is 5.52. The molecule has 2 amide bonds. The highest BCUT2D eigenvalue weighted by atomic mass is 19.1. The van der Waals surface area contributed by atoms with Crippen LogP contribution in [0.25, 0.3) is 0 Å². The number of hydrogen-bond acceptors (Lipinski definition) is 2. The number of rotatable bonds is 1. The predicted molar refractivity (Wildman–Crippen MR) is 64.6 cm³/mol. The van der Waals surface area contributed by atoms with Gasteiger partial charge in [-0.25, -0.2) is 9.18 Å². The van der Waals surface area contributed by atoms with Crippen LogP contribution in [-0.2, 0) is 0 Å². The van der Waals surface area contributed by atoms with Crippen molar-refractivity contribution in [2.75, 3.05) is 5.32 Å². The topological polar surface area (TPSA) is 54.0 Å². The average molecular weight is 243 g/mol. The SMILES string of the molecule is O=C1Nc2c(F)cccc2C(c2ccccn2)N1. The van der Waals surface area contributed by atoms with Crippen molar-refractivity contribution >= 4 is 11.7 Å². The summed E-state index contributed by atoms with van der Waals surface area (Å²) in [6.45, 7) is 0. The zero-order valence-corrected chi connectivity index (χ0v) is 9.35. The van der Waals surface area contributed by atoms with Gasteiger partial charge in [-0.1, -0.05) is 18.2 Å². The third-order valence-electron chi connectivity index (χ3n) is 2.85. The number of nitrogens with one attached hydrogen (secondary N) is 2. The Balaban J connectivity index is 2.14. The smallest absolute Gasteiger partial charge is 0.320 e. The van der Waals surface area contributed by atoms with Gasteiger partial charge < -0.3 is 10.6 Å². The van der Waals surface area contributed by atoms with Crippen LogP contribution in [0.3, 0.4) is 0 Å². The highest BCUT2D eigenvalue weighted by Gasteiger charge is 2.27. The van der Waals surface area contributed by atoms with E-state index < -0.39 is 17.9 Å². The molecule has 0 saturated carbocycles. The first-order chi connectivity index (χ1) is 8.75. The molecule has 1 aliphatic rings. The number of carbonyl (C=O) groups excluding carboxylic acids is 1. The van der Waals surface area contributed by atoms with E-state index in [0.717, 1.165) is 0 Å². The summed E-state index contributed by atoms with van der Waals surface area (Å²) in [6.07, 6.45) is 1.64. The molecule has 1 aliphatic heterocycles. The summed E-state index contributed by atoms with van der Waals surface area (Å²) >= 11 is 0. The molecule has 18 heavy (non-hydrogen) atoms. The summed E-state index contributed by atoms with van der Waals surface area (Å²) in [4.78, 5) is 15.7. The first-order valence-electron chi connectivity index (χ1n) is 5.52. The fourth-order valence-electron chi connectivity index (χ4n) is 2.05. The number of pyridine rings is 1. The Labute approximate surface area is 103 Å². The number of aromatic nitrogens is 1. The maximum absolute atomic E-state index is 13.7. The largest absolute Gasteiger partial charge is 0.325 e. The monoisotopic (exact) mass is 243 g/mol. The number of nitrogens with zero attached hydrogens (tertiary/aromatic N) is 1. The molecule has 0 bridgehead atoms. The van der Waals surface area contributed by atoms with E-state index in [1.807, 2.05) is 6.07 Å². The molecule has 0 saturated heterocycles. The second kappa shape index (κ2) is 4.10. The minimum atomic E-state index is -0.441. The Kier molecular flexibility index (Phi) is 2.44. The van der Waals surface area contributed by atoms with Crippen LogP contribution in [0.2, 0.25) is 0 Å². The lowest BCUT2D eigenvalue weighted by Crippen LogP contribution is -2.39. The van der Waals surface area contributed by atoms with Crippen LogP contribution in [0.4, 0.5) is 14.9 Å². The van der Waals surface area contributed by atoms with Crippen LogP contribution >= 0.6 is 0 Å². The minimum absolute atomic E-state index is 0.219. The van der Waals surface area contributed by atoms with Crippen LogP contribution in [-0.4, -0.2) is 11.0 Å². The van der Waals surface area contributed by atoms with Crippen molar-refractivity contribution in [3.05, 3.63) is 59.7 Å². The van der Waals surface area contributed by atoms with Crippen LogP contribution in [0.5, 0.6) is 0 Å². The zero-order valence-electron chi connectivity index (χ0n) is 9.35. The van der Waals surface area contributed by atoms with Gasteiger partial charge in [-0.2, -0.15) is 0 Å². The molecule has 4 nitrogen and oxygen atoms in total. The Morgan fingerprint density at radius 3 is 2.83 bits per heavy atom. The molecule has 2 heterocycles. The Hall–Kier alpha value is -2.43. The van der Waals surface area contributed by atoms with Gasteiger partial charge in [0.1, 0.15) is 11.9 Å². The third-order valence-corrected chi connectivity index (χ3v) is 2.85. The molecule has 1 aromatic heterocycles. The second-order valence-corrected chi connectivity index (χ2v) is 3.99. The molecule has 2 N–H and O–H groups in total. The van der Waals surface area contributed by atoms with Crippen molar-refractivity contribution in [1.82, 2.24) is 10.3 Å². The van der Waals surface area contributed by atoms with E-state index in [0.29, 0.717) is 11.3 Å². The molecule has 1 aromatic carbocycles. The Morgan fingerprint density at radius 1 is 1.17 bits per heavy atom. The molecular formula is C13H10FN3O. The van der Waals surface area contributed by atoms with Gasteiger partial charge in [0.2, 0.25) is 0 Å². The number of carbonyl (C=O) groups is 1. The summed E-state index contributed by atoms with van der Waals surface area (Å²) in [7, 11) is 0. The number of benzene rings is 1. The number of amides is 2. The fraction of sp³-hybridized carbons (Fsp3) is 0.0769. The molecule has 3 rings (SSSR count). The zero-order chi connectivity index (χ0) is 12.5. The lowest BCUT2D eigenvalue weighted by atomic mass is 9.99. The van der Waals surface area contributed by atoms with Crippen molar-refractivity contribution in [3.8, 4) is 0 Å². The number of para-hydroxylation sites is 1. The van der Waals surface area contributed by atoms with E-state index >= 15 is 0 Å². The van der Waals surface area contributed by atoms with Gasteiger partial charge in [-0.3, -0.25) is 4.98 Å². The predicted octanol–water partition coefficient (Wildman–Crippen LogP) is 2.45. The molecule has 2 aromatic rings. The van der Waals surface area contributed by atoms with Crippen LogP contribution in [0, 0.1) is 5.82 Å². The quantitative estimate of drug-likeness (QED) is 0.808. The van der Waals surface area contributed by atoms with Gasteiger partial charge >= 0.3 is 6.03 Å². The number of urea groups is 1. The lowest BCUT2D eigenvalue weighted by molar-refractivity contribution is 0.248. The molecule has 1 unspecified atom stereocenters. The average Bonchev–Trinajstić information content (AvgIpc) is 2.40. The molecular weight excluding hydrogens is 233 g/mol. The highest BCUT2D eigenvalue weighted by Crippen LogP contribution is 2.32. The van der Waals surface area contributed by atoms with Crippen LogP contribution < -0.4 is 10.6 Å². The summed E-state index contributed by atoms with van der Waals surface area (Å²) in [5.41, 5.74) is 1.57. The number of hydrogen-bond donors (Lipinski definition) is 2. The van der Waals surface area contributed by atoms with E-state index in [-0.39, 0.29) is 5.69 Å². The normalized spacial score (nSPS) is 17.6. The van der Waals surface area contributed by atoms with E-state index in [1.165, 1.54) is 6.07 Å². The van der Waals surface area contributed by atoms with Gasteiger partial charge in [-0.05, 0) is 18.2 Å². The summed E-state index contributed by atoms with van der Waals surface area (Å²) in [5, 5.41) is 5.21. The molecule has 0 radical (unpaired) electrons. The summed E-state index contributed by atoms with van der Waals surface area (Å²) in [5.74, 6) is -0.441. The Morgan fingerprint density at radius 2 is 2.06 bits per heavy atom. The van der Waals surface area contributed by atoms with Gasteiger partial charge in [0.05, 0.1) is 11.4 Å². The lowest BCUT2D eigenvalue weighted by Gasteiger charge is -2.27. The standard InChI is InChI=1S/C13H10FN3O/c14-9-5-3-4-8-11(9)16-13(18)17-12(8)10-6-1-2-7-15-10/h1-7,12H,(H2,16,17,18). The van der Waals surface area contributed by atoms with E-state index in [2.05, 4.69) is 15.6 Å². The number of anilines is 1. The molecule has 1 atom stereocenters. The van der Waals surface area contributed by atoms with E-state index in [4.69, 9.17) is 0 Å². The van der Waals surface area contributed by atoms with Crippen molar-refractivity contribution in [2.45, 2.75) is 6.04 Å². The summed E-state index contributed by atoms with van der Waals surface area (Å²) < 4.78 is 13.7. The molecule has 5 heteroatoms.